The molecule has 7 nitrogen and oxygen atoms in total. The smallest absolute Gasteiger partial charge is 0.233 e. The number of amides is 2. The summed E-state index contributed by atoms with van der Waals surface area (Å²) in [5.41, 5.74) is 0.969. The number of fused-ring (bicyclic) bond motifs is 2. The molecule has 30 heavy (non-hydrogen) atoms. The van der Waals surface area contributed by atoms with E-state index in [2.05, 4.69) is 17.6 Å². The first-order chi connectivity index (χ1) is 14.6. The second-order valence-corrected chi connectivity index (χ2v) is 8.66. The van der Waals surface area contributed by atoms with E-state index in [1.54, 1.807) is 4.90 Å². The summed E-state index contributed by atoms with van der Waals surface area (Å²) in [4.78, 5) is 27.4. The third kappa shape index (κ3) is 4.38. The van der Waals surface area contributed by atoms with E-state index in [-0.39, 0.29) is 36.5 Å². The standard InChI is InChI=1S/C22H29N3O4S/c1-2-3-4-9-25-21(27)16-7-6-15(11-17(16)24-22(25)30)20(26)23-12-14-5-8-18-19(10-14)29-13-28-18/h5,8,10,15-17H,2-4,6-7,9,11-13H2,1H3,(H,23,26)(H,24,30). The number of carbonyl (C=O) groups excluding carboxylic acids is 2. The number of benzene rings is 1. The first kappa shape index (κ1) is 20.9. The van der Waals surface area contributed by atoms with Crippen molar-refractivity contribution >= 4 is 29.1 Å². The Morgan fingerprint density at radius 2 is 2.10 bits per heavy atom. The zero-order valence-corrected chi connectivity index (χ0v) is 18.1. The SMILES string of the molecule is CCCCCN1C(=O)C2CCC(C(=O)NCc3ccc4c(c3)OCO4)CC2NC1=S. The highest BCUT2D eigenvalue weighted by Crippen LogP contribution is 2.34. The van der Waals surface area contributed by atoms with Crippen LogP contribution in [0, 0.1) is 11.8 Å². The average molecular weight is 432 g/mol. The van der Waals surface area contributed by atoms with Crippen LogP contribution in [-0.2, 0) is 16.1 Å². The van der Waals surface area contributed by atoms with E-state index in [9.17, 15) is 9.59 Å². The Bertz CT molecular complexity index is 831. The number of hydrogen-bond acceptors (Lipinski definition) is 5. The van der Waals surface area contributed by atoms with Crippen LogP contribution in [0.15, 0.2) is 18.2 Å². The van der Waals surface area contributed by atoms with Crippen molar-refractivity contribution in [3.05, 3.63) is 23.8 Å². The quantitative estimate of drug-likeness (QED) is 0.511. The summed E-state index contributed by atoms with van der Waals surface area (Å²) in [6.45, 7) is 3.50. The highest BCUT2D eigenvalue weighted by Gasteiger charge is 2.43. The van der Waals surface area contributed by atoms with E-state index >= 15 is 0 Å². The molecule has 1 aliphatic carbocycles. The van der Waals surface area contributed by atoms with Crippen molar-refractivity contribution < 1.29 is 19.1 Å². The summed E-state index contributed by atoms with van der Waals surface area (Å²) in [6.07, 6.45) is 5.23. The van der Waals surface area contributed by atoms with E-state index in [1.807, 2.05) is 18.2 Å². The lowest BCUT2D eigenvalue weighted by atomic mass is 9.76. The normalized spacial score (nSPS) is 25.0. The Morgan fingerprint density at radius 3 is 2.93 bits per heavy atom. The van der Waals surface area contributed by atoms with Gasteiger partial charge in [0.05, 0.1) is 5.92 Å². The minimum Gasteiger partial charge on any atom is -0.454 e. The molecule has 1 saturated carbocycles. The molecule has 0 aromatic heterocycles. The van der Waals surface area contributed by atoms with Crippen LogP contribution in [0.2, 0.25) is 0 Å². The molecule has 0 radical (unpaired) electrons. The molecule has 0 spiro atoms. The molecule has 2 aliphatic heterocycles. The second kappa shape index (κ2) is 9.20. The van der Waals surface area contributed by atoms with E-state index in [1.165, 1.54) is 0 Å². The molecule has 3 atom stereocenters. The maximum Gasteiger partial charge on any atom is 0.233 e. The van der Waals surface area contributed by atoms with E-state index in [4.69, 9.17) is 21.7 Å². The third-order valence-electron chi connectivity index (χ3n) is 6.25. The molecule has 2 N–H and O–H groups in total. The summed E-state index contributed by atoms with van der Waals surface area (Å²) >= 11 is 5.45. The van der Waals surface area contributed by atoms with Gasteiger partial charge in [0.25, 0.3) is 0 Å². The lowest BCUT2D eigenvalue weighted by Gasteiger charge is -2.43. The summed E-state index contributed by atoms with van der Waals surface area (Å²) in [7, 11) is 0. The van der Waals surface area contributed by atoms with Crippen LogP contribution in [0.25, 0.3) is 0 Å². The Morgan fingerprint density at radius 1 is 1.27 bits per heavy atom. The molecule has 1 aromatic rings. The fraction of sp³-hybridized carbons (Fsp3) is 0.591. The van der Waals surface area contributed by atoms with Crippen molar-refractivity contribution in [2.45, 2.75) is 58.0 Å². The van der Waals surface area contributed by atoms with Crippen molar-refractivity contribution in [1.82, 2.24) is 15.5 Å². The van der Waals surface area contributed by atoms with Gasteiger partial charge in [0.15, 0.2) is 16.6 Å². The van der Waals surface area contributed by atoms with Gasteiger partial charge >= 0.3 is 0 Å². The molecule has 1 aromatic carbocycles. The molecule has 3 unspecified atom stereocenters. The molecule has 2 heterocycles. The number of ether oxygens (including phenoxy) is 2. The van der Waals surface area contributed by atoms with Crippen LogP contribution in [0.5, 0.6) is 11.5 Å². The largest absolute Gasteiger partial charge is 0.454 e. The van der Waals surface area contributed by atoms with Gasteiger partial charge in [-0.3, -0.25) is 14.5 Å². The van der Waals surface area contributed by atoms with Crippen LogP contribution in [0.3, 0.4) is 0 Å². The lowest BCUT2D eigenvalue weighted by molar-refractivity contribution is -0.137. The fourth-order valence-corrected chi connectivity index (χ4v) is 4.85. The van der Waals surface area contributed by atoms with Gasteiger partial charge in [-0.15, -0.1) is 0 Å². The average Bonchev–Trinajstić information content (AvgIpc) is 3.22. The van der Waals surface area contributed by atoms with Crippen molar-refractivity contribution in [2.24, 2.45) is 11.8 Å². The van der Waals surface area contributed by atoms with Gasteiger partial charge < -0.3 is 20.1 Å². The van der Waals surface area contributed by atoms with E-state index < -0.39 is 0 Å². The molecule has 2 amide bonds. The molecule has 8 heteroatoms. The predicted octanol–water partition coefficient (Wildman–Crippen LogP) is 2.72. The highest BCUT2D eigenvalue weighted by atomic mass is 32.1. The van der Waals surface area contributed by atoms with Gasteiger partial charge in [0, 0.05) is 25.0 Å². The molecular weight excluding hydrogens is 402 g/mol. The number of rotatable bonds is 7. The molecule has 3 aliphatic rings. The van der Waals surface area contributed by atoms with Crippen molar-refractivity contribution in [2.75, 3.05) is 13.3 Å². The monoisotopic (exact) mass is 431 g/mol. The van der Waals surface area contributed by atoms with Gasteiger partial charge in [0.2, 0.25) is 18.6 Å². The predicted molar refractivity (Wildman–Crippen MR) is 116 cm³/mol. The van der Waals surface area contributed by atoms with Crippen molar-refractivity contribution in [1.29, 1.82) is 0 Å². The number of hydrogen-bond donors (Lipinski definition) is 2. The van der Waals surface area contributed by atoms with Crippen LogP contribution in [0.4, 0.5) is 0 Å². The van der Waals surface area contributed by atoms with E-state index in [0.717, 1.165) is 37.0 Å². The van der Waals surface area contributed by atoms with Gasteiger partial charge in [-0.2, -0.15) is 0 Å². The van der Waals surface area contributed by atoms with Gasteiger partial charge in [-0.25, -0.2) is 0 Å². The van der Waals surface area contributed by atoms with Gasteiger partial charge in [0.1, 0.15) is 0 Å². The highest BCUT2D eigenvalue weighted by molar-refractivity contribution is 7.80. The molecule has 0 bridgehead atoms. The maximum absolute atomic E-state index is 12.9. The topological polar surface area (TPSA) is 79.9 Å². The van der Waals surface area contributed by atoms with Crippen LogP contribution in [0.1, 0.15) is 51.0 Å². The zero-order valence-electron chi connectivity index (χ0n) is 17.3. The van der Waals surface area contributed by atoms with E-state index in [0.29, 0.717) is 36.8 Å². The Labute approximate surface area is 182 Å². The number of nitrogens with one attached hydrogen (secondary N) is 2. The first-order valence-corrected chi connectivity index (χ1v) is 11.3. The Hall–Kier alpha value is -2.35. The summed E-state index contributed by atoms with van der Waals surface area (Å²) < 4.78 is 10.7. The summed E-state index contributed by atoms with van der Waals surface area (Å²) in [5, 5.41) is 6.88. The molecule has 2 fully saturated rings. The second-order valence-electron chi connectivity index (χ2n) is 8.27. The van der Waals surface area contributed by atoms with Gasteiger partial charge in [-0.05, 0) is 55.6 Å². The number of unbranched alkanes of at least 4 members (excludes halogenated alkanes) is 2. The molecular formula is C22H29N3O4S. The molecule has 162 valence electrons. The number of carbonyl (C=O) groups is 2. The number of thiocarbonyl (C=S) groups is 1. The fourth-order valence-electron chi connectivity index (χ4n) is 4.52. The van der Waals surface area contributed by atoms with Crippen LogP contribution < -0.4 is 20.1 Å². The van der Waals surface area contributed by atoms with Crippen LogP contribution in [-0.4, -0.2) is 41.2 Å². The third-order valence-corrected chi connectivity index (χ3v) is 6.59. The summed E-state index contributed by atoms with van der Waals surface area (Å²) in [5.74, 6) is 1.39. The summed E-state index contributed by atoms with van der Waals surface area (Å²) in [6, 6.07) is 5.63. The molecule has 4 rings (SSSR count). The Kier molecular flexibility index (Phi) is 6.41. The van der Waals surface area contributed by atoms with Crippen molar-refractivity contribution in [3.63, 3.8) is 0 Å². The van der Waals surface area contributed by atoms with Crippen molar-refractivity contribution in [3.8, 4) is 11.5 Å². The first-order valence-electron chi connectivity index (χ1n) is 10.8. The minimum atomic E-state index is -0.116. The molecule has 1 saturated heterocycles. The minimum absolute atomic E-state index is 0.0247. The Balaban J connectivity index is 1.30. The van der Waals surface area contributed by atoms with Gasteiger partial charge in [-0.1, -0.05) is 25.8 Å². The lowest BCUT2D eigenvalue weighted by Crippen LogP contribution is -2.62. The van der Waals surface area contributed by atoms with Crippen LogP contribution >= 0.6 is 12.2 Å². The maximum atomic E-state index is 12.9. The number of nitrogens with zero attached hydrogens (tertiary/aromatic N) is 1. The zero-order chi connectivity index (χ0) is 21.1.